The third-order valence-electron chi connectivity index (χ3n) is 9.70. The van der Waals surface area contributed by atoms with Crippen LogP contribution in [0.15, 0.2) is 66.7 Å². The van der Waals surface area contributed by atoms with Crippen molar-refractivity contribution in [2.45, 2.75) is 76.5 Å². The Morgan fingerprint density at radius 3 is 2.50 bits per heavy atom. The van der Waals surface area contributed by atoms with E-state index in [1.165, 1.54) is 18.2 Å². The Hall–Kier alpha value is -3.95. The van der Waals surface area contributed by atoms with Crippen molar-refractivity contribution in [2.75, 3.05) is 13.7 Å². The topological polar surface area (TPSA) is 118 Å². The summed E-state index contributed by atoms with van der Waals surface area (Å²) in [6.07, 6.45) is 3.92. The van der Waals surface area contributed by atoms with Crippen LogP contribution in [0.5, 0.6) is 11.8 Å². The van der Waals surface area contributed by atoms with Crippen LogP contribution in [0.2, 0.25) is 10.0 Å². The number of aliphatic hydroxyl groups is 1. The fourth-order valence-electron chi connectivity index (χ4n) is 7.14. The van der Waals surface area contributed by atoms with Gasteiger partial charge < -0.3 is 25.0 Å². The van der Waals surface area contributed by atoms with Crippen molar-refractivity contribution in [1.82, 2.24) is 10.3 Å². The van der Waals surface area contributed by atoms with Gasteiger partial charge in [-0.3, -0.25) is 9.59 Å². The summed E-state index contributed by atoms with van der Waals surface area (Å²) in [6.45, 7) is 1.63. The van der Waals surface area contributed by atoms with E-state index in [-0.39, 0.29) is 18.4 Å². The number of carbonyl (C=O) groups is 2. The highest BCUT2D eigenvalue weighted by Gasteiger charge is 2.29. The summed E-state index contributed by atoms with van der Waals surface area (Å²) in [5, 5.41) is 23.4. The summed E-state index contributed by atoms with van der Waals surface area (Å²) < 4.78 is 12.0. The minimum Gasteiger partial charge on any atom is -0.481 e. The maximum atomic E-state index is 11.6. The van der Waals surface area contributed by atoms with Crippen LogP contribution in [0.3, 0.4) is 0 Å². The number of pyridine rings is 1. The van der Waals surface area contributed by atoms with Gasteiger partial charge in [-0.2, -0.15) is 4.98 Å². The average molecular weight is 718 g/mol. The van der Waals surface area contributed by atoms with E-state index in [1.807, 2.05) is 18.2 Å². The SMILES string of the molecule is COc1nc(O[C@H]2CCc3c(-c4cccc(-c5ccc(CNC[C@@H]6CCC(=O)C6)cc5)c4Cl)cccc32)c(Cl)cc1CCC[C@@H](O)CC(=O)O. The summed E-state index contributed by atoms with van der Waals surface area (Å²) in [6, 6.07) is 22.6. The van der Waals surface area contributed by atoms with Gasteiger partial charge in [-0.05, 0) is 84.9 Å². The summed E-state index contributed by atoms with van der Waals surface area (Å²) in [4.78, 5) is 27.0. The molecule has 1 saturated carbocycles. The van der Waals surface area contributed by atoms with Crippen molar-refractivity contribution in [2.24, 2.45) is 5.92 Å². The highest BCUT2D eigenvalue weighted by atomic mass is 35.5. The molecular formula is C40H42Cl2N2O6. The number of ketones is 1. The lowest BCUT2D eigenvalue weighted by Gasteiger charge is -2.18. The van der Waals surface area contributed by atoms with Gasteiger partial charge in [0.25, 0.3) is 0 Å². The molecule has 1 aromatic heterocycles. The number of halogens is 2. The highest BCUT2D eigenvalue weighted by Crippen LogP contribution is 2.44. The molecule has 2 aliphatic rings. The van der Waals surface area contributed by atoms with Crippen LogP contribution in [0.1, 0.15) is 73.3 Å². The fourth-order valence-corrected chi connectivity index (χ4v) is 7.70. The van der Waals surface area contributed by atoms with Crippen LogP contribution in [0, 0.1) is 5.92 Å². The van der Waals surface area contributed by atoms with Crippen molar-refractivity contribution in [1.29, 1.82) is 0 Å². The number of nitrogens with one attached hydrogen (secondary N) is 1. The number of carboxylic acid groups (broad SMARTS) is 1. The number of aromatic nitrogens is 1. The number of rotatable bonds is 15. The molecule has 6 rings (SSSR count). The first kappa shape index (κ1) is 35.9. The van der Waals surface area contributed by atoms with Crippen LogP contribution in [0.25, 0.3) is 22.3 Å². The normalized spacial score (nSPS) is 17.5. The smallest absolute Gasteiger partial charge is 0.305 e. The summed E-state index contributed by atoms with van der Waals surface area (Å²) in [7, 11) is 1.53. The molecule has 3 atom stereocenters. The van der Waals surface area contributed by atoms with Gasteiger partial charge in [-0.25, -0.2) is 0 Å². The molecule has 8 nitrogen and oxygen atoms in total. The van der Waals surface area contributed by atoms with Gasteiger partial charge in [0, 0.05) is 36.1 Å². The van der Waals surface area contributed by atoms with E-state index in [2.05, 4.69) is 52.8 Å². The van der Waals surface area contributed by atoms with Gasteiger partial charge in [-0.1, -0.05) is 83.9 Å². The Labute approximate surface area is 302 Å². The second-order valence-corrected chi connectivity index (χ2v) is 14.0. The number of carboxylic acids is 1. The molecule has 10 heteroatoms. The number of benzene rings is 3. The molecular weight excluding hydrogens is 675 g/mol. The third kappa shape index (κ3) is 8.49. The van der Waals surface area contributed by atoms with Crippen molar-refractivity contribution >= 4 is 35.0 Å². The Morgan fingerprint density at radius 2 is 1.76 bits per heavy atom. The molecule has 0 amide bonds. The molecule has 2 aliphatic carbocycles. The monoisotopic (exact) mass is 716 g/mol. The maximum absolute atomic E-state index is 11.6. The summed E-state index contributed by atoms with van der Waals surface area (Å²) >= 11 is 13.8. The van der Waals surface area contributed by atoms with Crippen LogP contribution < -0.4 is 14.8 Å². The molecule has 0 aliphatic heterocycles. The number of fused-ring (bicyclic) bond motifs is 1. The second kappa shape index (κ2) is 16.4. The Morgan fingerprint density at radius 1 is 1.00 bits per heavy atom. The highest BCUT2D eigenvalue weighted by molar-refractivity contribution is 6.36. The molecule has 4 aromatic rings. The van der Waals surface area contributed by atoms with Crippen molar-refractivity contribution in [3.8, 4) is 34.0 Å². The zero-order valence-corrected chi connectivity index (χ0v) is 29.6. The van der Waals surface area contributed by atoms with Crippen LogP contribution in [-0.2, 0) is 29.0 Å². The molecule has 0 spiro atoms. The molecule has 0 radical (unpaired) electrons. The molecule has 3 N–H and O–H groups in total. The van der Waals surface area contributed by atoms with Gasteiger partial charge in [-0.15, -0.1) is 0 Å². The van der Waals surface area contributed by atoms with E-state index in [9.17, 15) is 14.7 Å². The minimum absolute atomic E-state index is 0.256. The zero-order valence-electron chi connectivity index (χ0n) is 28.1. The number of aliphatic hydroxyl groups excluding tert-OH is 1. The van der Waals surface area contributed by atoms with Crippen molar-refractivity contribution < 1.29 is 29.3 Å². The largest absolute Gasteiger partial charge is 0.481 e. The van der Waals surface area contributed by atoms with Gasteiger partial charge in [0.1, 0.15) is 16.9 Å². The maximum Gasteiger partial charge on any atom is 0.305 e. The Bertz CT molecular complexity index is 1850. The van der Waals surface area contributed by atoms with Crippen molar-refractivity contribution in [3.05, 3.63) is 99.0 Å². The average Bonchev–Trinajstić information content (AvgIpc) is 3.71. The van der Waals surface area contributed by atoms with Crippen LogP contribution in [0.4, 0.5) is 0 Å². The minimum atomic E-state index is -1.03. The van der Waals surface area contributed by atoms with E-state index in [0.29, 0.717) is 59.7 Å². The molecule has 1 heterocycles. The van der Waals surface area contributed by atoms with E-state index in [0.717, 1.165) is 65.7 Å². The van der Waals surface area contributed by atoms with Crippen molar-refractivity contribution in [3.63, 3.8) is 0 Å². The number of hydrogen-bond donors (Lipinski definition) is 3. The van der Waals surface area contributed by atoms with Gasteiger partial charge in [0.05, 0.1) is 24.7 Å². The first-order valence-electron chi connectivity index (χ1n) is 17.2. The summed E-state index contributed by atoms with van der Waals surface area (Å²) in [5.41, 5.74) is 8.25. The second-order valence-electron chi connectivity index (χ2n) is 13.2. The van der Waals surface area contributed by atoms with Crippen LogP contribution >= 0.6 is 23.2 Å². The van der Waals surface area contributed by atoms with E-state index >= 15 is 0 Å². The predicted molar refractivity (Wildman–Crippen MR) is 195 cm³/mol. The predicted octanol–water partition coefficient (Wildman–Crippen LogP) is 8.41. The number of aryl methyl sites for hydroxylation is 1. The molecule has 262 valence electrons. The molecule has 1 fully saturated rings. The standard InChI is InChI=1S/C40H42Cl2N2O6/c1-49-39-27(5-2-6-28(45)21-37(47)48)20-35(41)40(44-39)50-36-18-17-32-31(8-4-9-33(32)36)34-10-3-7-30(38(34)42)26-14-11-24(12-15-26)22-43-23-25-13-16-29(46)19-25/h3-4,7-12,14-15,20,25,28,36,43,45H,2,5-6,13,16-19,21-23H2,1H3,(H,47,48)/t25-,28-,36+/m1/s1. The third-order valence-corrected chi connectivity index (χ3v) is 10.4. The van der Waals surface area contributed by atoms with E-state index in [1.54, 1.807) is 6.07 Å². The molecule has 0 unspecified atom stereocenters. The Kier molecular flexibility index (Phi) is 11.7. The molecule has 50 heavy (non-hydrogen) atoms. The first-order valence-corrected chi connectivity index (χ1v) is 18.0. The number of methoxy groups -OCH3 is 1. The number of ether oxygens (including phenoxy) is 2. The van der Waals surface area contributed by atoms with E-state index in [4.69, 9.17) is 37.8 Å². The molecule has 0 saturated heterocycles. The molecule has 3 aromatic carbocycles. The summed E-state index contributed by atoms with van der Waals surface area (Å²) in [5.74, 6) is 0.474. The quantitative estimate of drug-likeness (QED) is 0.112. The number of nitrogens with zero attached hydrogens (tertiary/aromatic N) is 1. The number of carbonyl (C=O) groups excluding carboxylic acids is 1. The van der Waals surface area contributed by atoms with Gasteiger partial charge in [0.2, 0.25) is 11.8 Å². The van der Waals surface area contributed by atoms with E-state index < -0.39 is 12.1 Å². The lowest BCUT2D eigenvalue weighted by Crippen LogP contribution is -2.21. The Balaban J connectivity index is 1.14. The fraction of sp³-hybridized carbons (Fsp3) is 0.375. The number of hydrogen-bond acceptors (Lipinski definition) is 7. The lowest BCUT2D eigenvalue weighted by molar-refractivity contribution is -0.139. The first-order chi connectivity index (χ1) is 24.2. The van der Waals surface area contributed by atoms with Crippen LogP contribution in [-0.4, -0.2) is 46.7 Å². The number of aliphatic carboxylic acids is 1. The lowest BCUT2D eigenvalue weighted by atomic mass is 9.93. The number of Topliss-reactive ketones (excluding diaryl/α,β-unsaturated/α-hetero) is 1. The van der Waals surface area contributed by atoms with Gasteiger partial charge >= 0.3 is 5.97 Å². The van der Waals surface area contributed by atoms with Gasteiger partial charge in [0.15, 0.2) is 0 Å². The molecule has 0 bridgehead atoms. The zero-order chi connectivity index (χ0) is 35.2.